The fraction of sp³-hybridized carbons (Fsp3) is 0.250. The Bertz CT molecular complexity index is 551. The van der Waals surface area contributed by atoms with Gasteiger partial charge < -0.3 is 4.90 Å². The molecule has 2 rings (SSSR count). The molecule has 3 heteroatoms. The van der Waals surface area contributed by atoms with Gasteiger partial charge in [0.1, 0.15) is 5.82 Å². The third-order valence-electron chi connectivity index (χ3n) is 3.12. The topological polar surface area (TPSA) is 3.24 Å². The van der Waals surface area contributed by atoms with Crippen LogP contribution in [0.4, 0.5) is 10.1 Å². The molecule has 100 valence electrons. The van der Waals surface area contributed by atoms with Crippen LogP contribution in [-0.4, -0.2) is 7.05 Å². The number of hydrogen-bond donors (Lipinski definition) is 0. The minimum absolute atomic E-state index is 0.174. The minimum Gasteiger partial charge on any atom is -0.368 e. The van der Waals surface area contributed by atoms with Crippen LogP contribution in [0.25, 0.3) is 0 Å². The summed E-state index contributed by atoms with van der Waals surface area (Å²) in [5.74, 6) is -0.174. The molecule has 0 unspecified atom stereocenters. The third-order valence-corrected chi connectivity index (χ3v) is 3.77. The monoisotopic (exact) mass is 321 g/mol. The summed E-state index contributed by atoms with van der Waals surface area (Å²) >= 11 is 3.33. The lowest BCUT2D eigenvalue weighted by molar-refractivity contribution is 0.621. The zero-order valence-electron chi connectivity index (χ0n) is 11.2. The largest absolute Gasteiger partial charge is 0.368 e. The first-order valence-electron chi connectivity index (χ1n) is 6.21. The third kappa shape index (κ3) is 3.57. The zero-order chi connectivity index (χ0) is 13.8. The minimum atomic E-state index is -0.174. The quantitative estimate of drug-likeness (QED) is 0.740. The second-order valence-electron chi connectivity index (χ2n) is 4.76. The van der Waals surface area contributed by atoms with Crippen molar-refractivity contribution in [3.63, 3.8) is 0 Å². The molecule has 0 saturated heterocycles. The number of hydrogen-bond acceptors (Lipinski definition) is 1. The Balaban J connectivity index is 2.15. The summed E-state index contributed by atoms with van der Waals surface area (Å²) in [7, 11) is 1.91. The lowest BCUT2D eigenvalue weighted by atomic mass is 10.1. The van der Waals surface area contributed by atoms with Crippen LogP contribution in [0.2, 0.25) is 0 Å². The van der Waals surface area contributed by atoms with E-state index in [1.54, 1.807) is 6.07 Å². The Morgan fingerprint density at radius 1 is 1.05 bits per heavy atom. The van der Waals surface area contributed by atoms with Crippen LogP contribution in [0.3, 0.4) is 0 Å². The molecule has 0 aliphatic heterocycles. The van der Waals surface area contributed by atoms with Crippen molar-refractivity contribution in [2.24, 2.45) is 0 Å². The predicted molar refractivity (Wildman–Crippen MR) is 82.3 cm³/mol. The lowest BCUT2D eigenvalue weighted by Gasteiger charge is -2.20. The Kier molecular flexibility index (Phi) is 4.59. The van der Waals surface area contributed by atoms with Gasteiger partial charge >= 0.3 is 0 Å². The Hall–Kier alpha value is -1.35. The van der Waals surface area contributed by atoms with Gasteiger partial charge in [0.05, 0.1) is 5.69 Å². The zero-order valence-corrected chi connectivity index (χ0v) is 12.7. The molecule has 0 aromatic heterocycles. The smallest absolute Gasteiger partial charge is 0.146 e. The number of rotatable bonds is 4. The molecule has 0 heterocycles. The summed E-state index contributed by atoms with van der Waals surface area (Å²) in [5.41, 5.74) is 3.99. The van der Waals surface area contributed by atoms with Crippen LogP contribution >= 0.6 is 15.9 Å². The van der Waals surface area contributed by atoms with Gasteiger partial charge in [0.15, 0.2) is 0 Å². The molecule has 0 fully saturated rings. The summed E-state index contributed by atoms with van der Waals surface area (Å²) in [6.07, 6.45) is 0. The molecule has 0 radical (unpaired) electrons. The van der Waals surface area contributed by atoms with E-state index >= 15 is 0 Å². The van der Waals surface area contributed by atoms with Gasteiger partial charge in [0, 0.05) is 18.9 Å². The number of halogens is 2. The van der Waals surface area contributed by atoms with Crippen LogP contribution in [-0.2, 0) is 11.9 Å². The second-order valence-corrected chi connectivity index (χ2v) is 5.32. The highest BCUT2D eigenvalue weighted by Crippen LogP contribution is 2.22. The van der Waals surface area contributed by atoms with Gasteiger partial charge in [-0.2, -0.15) is 0 Å². The Labute approximate surface area is 122 Å². The van der Waals surface area contributed by atoms with Crippen molar-refractivity contribution in [2.45, 2.75) is 18.8 Å². The highest BCUT2D eigenvalue weighted by molar-refractivity contribution is 9.08. The normalized spacial score (nSPS) is 10.5. The maximum absolute atomic E-state index is 14.0. The molecule has 0 bridgehead atoms. The van der Waals surface area contributed by atoms with E-state index in [0.29, 0.717) is 17.6 Å². The molecule has 2 aromatic rings. The molecule has 2 aromatic carbocycles. The maximum atomic E-state index is 14.0. The van der Waals surface area contributed by atoms with Crippen molar-refractivity contribution in [2.75, 3.05) is 11.9 Å². The molecule has 0 aliphatic rings. The van der Waals surface area contributed by atoms with E-state index < -0.39 is 0 Å². The molecule has 0 aliphatic carbocycles. The van der Waals surface area contributed by atoms with E-state index in [2.05, 4.69) is 47.1 Å². The van der Waals surface area contributed by atoms with Gasteiger partial charge in [0.25, 0.3) is 0 Å². The van der Waals surface area contributed by atoms with Gasteiger partial charge in [-0.1, -0.05) is 51.8 Å². The molecule has 0 amide bonds. The first-order valence-corrected chi connectivity index (χ1v) is 7.33. The lowest BCUT2D eigenvalue weighted by Crippen LogP contribution is -2.17. The summed E-state index contributed by atoms with van der Waals surface area (Å²) < 4.78 is 14.0. The van der Waals surface area contributed by atoms with E-state index in [4.69, 9.17) is 0 Å². The average Bonchev–Trinajstić information content (AvgIpc) is 2.41. The molecule has 0 saturated carbocycles. The van der Waals surface area contributed by atoms with Gasteiger partial charge in [-0.3, -0.25) is 0 Å². The molecular weight excluding hydrogens is 305 g/mol. The van der Waals surface area contributed by atoms with Crippen molar-refractivity contribution in [3.05, 3.63) is 65.0 Å². The van der Waals surface area contributed by atoms with Crippen molar-refractivity contribution in [3.8, 4) is 0 Å². The summed E-state index contributed by atoms with van der Waals surface area (Å²) in [4.78, 5) is 1.93. The van der Waals surface area contributed by atoms with Crippen molar-refractivity contribution in [1.29, 1.82) is 0 Å². The molecule has 0 spiro atoms. The number of aryl methyl sites for hydroxylation is 1. The van der Waals surface area contributed by atoms with Gasteiger partial charge in [0.2, 0.25) is 0 Å². The van der Waals surface area contributed by atoms with E-state index in [1.807, 2.05) is 24.1 Å². The van der Waals surface area contributed by atoms with E-state index in [0.717, 1.165) is 5.56 Å². The highest BCUT2D eigenvalue weighted by atomic mass is 79.9. The van der Waals surface area contributed by atoms with Crippen LogP contribution in [0, 0.1) is 12.7 Å². The number of anilines is 1. The fourth-order valence-electron chi connectivity index (χ4n) is 2.00. The van der Waals surface area contributed by atoms with E-state index in [1.165, 1.54) is 11.1 Å². The second kappa shape index (κ2) is 6.20. The molecule has 19 heavy (non-hydrogen) atoms. The molecule has 0 atom stereocenters. The average molecular weight is 322 g/mol. The van der Waals surface area contributed by atoms with Gasteiger partial charge in [-0.25, -0.2) is 4.39 Å². The number of alkyl halides is 1. The van der Waals surface area contributed by atoms with Crippen molar-refractivity contribution < 1.29 is 4.39 Å². The summed E-state index contributed by atoms with van der Waals surface area (Å²) in [6.45, 7) is 2.76. The van der Waals surface area contributed by atoms with Crippen LogP contribution in [0.5, 0.6) is 0 Å². The maximum Gasteiger partial charge on any atom is 0.146 e. The first-order chi connectivity index (χ1) is 9.10. The van der Waals surface area contributed by atoms with Crippen LogP contribution in [0.15, 0.2) is 42.5 Å². The van der Waals surface area contributed by atoms with Gasteiger partial charge in [-0.05, 0) is 30.2 Å². The van der Waals surface area contributed by atoms with Gasteiger partial charge in [-0.15, -0.1) is 0 Å². The molecule has 0 N–H and O–H groups in total. The fourth-order valence-corrected chi connectivity index (χ4v) is 2.34. The van der Waals surface area contributed by atoms with Crippen LogP contribution in [0.1, 0.15) is 16.7 Å². The Morgan fingerprint density at radius 3 is 2.26 bits per heavy atom. The number of nitrogens with zero attached hydrogens (tertiary/aromatic N) is 1. The Morgan fingerprint density at radius 2 is 1.68 bits per heavy atom. The SMILES string of the molecule is Cc1ccc(CN(C)c2ccc(CBr)cc2F)cc1. The van der Waals surface area contributed by atoms with Crippen molar-refractivity contribution in [1.82, 2.24) is 0 Å². The number of benzene rings is 2. The first kappa shape index (κ1) is 14.1. The summed E-state index contributed by atoms with van der Waals surface area (Å²) in [6, 6.07) is 13.7. The van der Waals surface area contributed by atoms with E-state index in [9.17, 15) is 4.39 Å². The highest BCUT2D eigenvalue weighted by Gasteiger charge is 2.08. The molecular formula is C16H17BrFN. The van der Waals surface area contributed by atoms with E-state index in [-0.39, 0.29) is 5.82 Å². The van der Waals surface area contributed by atoms with Crippen molar-refractivity contribution >= 4 is 21.6 Å². The summed E-state index contributed by atoms with van der Waals surface area (Å²) in [5, 5.41) is 0.672. The van der Waals surface area contributed by atoms with Crippen LogP contribution < -0.4 is 4.90 Å². The molecule has 1 nitrogen and oxygen atoms in total. The predicted octanol–water partition coefficient (Wildman–Crippen LogP) is 4.67. The standard InChI is InChI=1S/C16H17BrFN/c1-12-3-5-13(6-4-12)11-19(2)16-8-7-14(10-17)9-15(16)18/h3-9H,10-11H2,1-2H3.